The number of rotatable bonds is 7. The molecule has 3 aliphatic rings. The molecule has 11 nitrogen and oxygen atoms in total. The number of likely N-dealkylation sites (tertiary alicyclic amines) is 1. The fraction of sp³-hybridized carbons (Fsp3) is 0.600. The molecule has 224 valence electrons. The number of likely N-dealkylation sites (N-methyl/N-ethyl adjacent to an activating group) is 1. The van der Waals surface area contributed by atoms with Crippen molar-refractivity contribution in [2.75, 3.05) is 56.5 Å². The van der Waals surface area contributed by atoms with Crippen LogP contribution in [0.3, 0.4) is 0 Å². The topological polar surface area (TPSA) is 129 Å². The van der Waals surface area contributed by atoms with Crippen LogP contribution in [0.5, 0.6) is 5.75 Å². The number of anilines is 4. The van der Waals surface area contributed by atoms with Gasteiger partial charge in [-0.15, -0.1) is 0 Å². The molecule has 11 heteroatoms. The number of hydrogen-bond acceptors (Lipinski definition) is 9. The van der Waals surface area contributed by atoms with Gasteiger partial charge >= 0.3 is 0 Å². The molecule has 2 amide bonds. The van der Waals surface area contributed by atoms with Gasteiger partial charge in [-0.25, -0.2) is 4.98 Å². The highest BCUT2D eigenvalue weighted by Gasteiger charge is 2.39. The number of carbonyl (C=O) groups is 2. The van der Waals surface area contributed by atoms with Gasteiger partial charge in [-0.2, -0.15) is 4.98 Å². The molecule has 0 spiro atoms. The molecular weight excluding hydrogens is 520 g/mol. The Labute approximate surface area is 243 Å². The van der Waals surface area contributed by atoms with Crippen molar-refractivity contribution in [1.29, 1.82) is 0 Å². The van der Waals surface area contributed by atoms with Crippen LogP contribution in [0.1, 0.15) is 56.8 Å². The van der Waals surface area contributed by atoms with Gasteiger partial charge in [0.05, 0.1) is 19.0 Å². The van der Waals surface area contributed by atoms with Gasteiger partial charge in [-0.1, -0.05) is 6.92 Å². The maximum atomic E-state index is 13.1. The SMILES string of the molecule is CCC1C(=O)N(C)c2cnc(Nc3ccc(C(=O)NC4C[C@H]5CCN(C)C[C@H]5C4)cc3OC)nc2N1C(C)C.CN. The van der Waals surface area contributed by atoms with Crippen molar-refractivity contribution in [3.63, 3.8) is 0 Å². The highest BCUT2D eigenvalue weighted by Crippen LogP contribution is 2.39. The van der Waals surface area contributed by atoms with E-state index in [-0.39, 0.29) is 29.9 Å². The first-order valence-electron chi connectivity index (χ1n) is 14.6. The van der Waals surface area contributed by atoms with E-state index in [0.717, 1.165) is 31.7 Å². The van der Waals surface area contributed by atoms with E-state index in [9.17, 15) is 9.59 Å². The van der Waals surface area contributed by atoms with Gasteiger partial charge in [-0.3, -0.25) is 9.59 Å². The van der Waals surface area contributed by atoms with Crippen molar-refractivity contribution in [3.05, 3.63) is 30.0 Å². The highest BCUT2D eigenvalue weighted by atomic mass is 16.5. The summed E-state index contributed by atoms with van der Waals surface area (Å²) in [7, 11) is 7.03. The van der Waals surface area contributed by atoms with Gasteiger partial charge in [0.1, 0.15) is 17.5 Å². The minimum atomic E-state index is -0.276. The van der Waals surface area contributed by atoms with Gasteiger partial charge in [0.25, 0.3) is 5.91 Å². The van der Waals surface area contributed by atoms with Crippen molar-refractivity contribution in [2.24, 2.45) is 17.6 Å². The maximum absolute atomic E-state index is 13.1. The van der Waals surface area contributed by atoms with E-state index < -0.39 is 0 Å². The van der Waals surface area contributed by atoms with Gasteiger partial charge in [0.15, 0.2) is 5.82 Å². The number of hydrogen-bond donors (Lipinski definition) is 3. The minimum Gasteiger partial charge on any atom is -0.495 e. The molecule has 1 aromatic carbocycles. The van der Waals surface area contributed by atoms with Crippen LogP contribution in [0, 0.1) is 11.8 Å². The van der Waals surface area contributed by atoms with Crippen LogP contribution in [0.25, 0.3) is 0 Å². The number of benzene rings is 1. The number of nitrogens with zero attached hydrogens (tertiary/aromatic N) is 5. The van der Waals surface area contributed by atoms with Crippen LogP contribution in [-0.4, -0.2) is 86.2 Å². The Balaban J connectivity index is 0.00000189. The predicted octanol–water partition coefficient (Wildman–Crippen LogP) is 3.23. The Morgan fingerprint density at radius 2 is 1.93 bits per heavy atom. The summed E-state index contributed by atoms with van der Waals surface area (Å²) in [5, 5.41) is 6.51. The predicted molar refractivity (Wildman–Crippen MR) is 163 cm³/mol. The fourth-order valence-electron chi connectivity index (χ4n) is 6.55. The van der Waals surface area contributed by atoms with Crippen molar-refractivity contribution in [2.45, 2.75) is 64.6 Å². The number of nitrogens with one attached hydrogen (secondary N) is 2. The van der Waals surface area contributed by atoms with Gasteiger partial charge in [-0.05, 0) is 90.2 Å². The zero-order chi connectivity index (χ0) is 29.8. The van der Waals surface area contributed by atoms with Gasteiger partial charge in [0, 0.05) is 31.2 Å². The second-order valence-electron chi connectivity index (χ2n) is 11.5. The number of carbonyl (C=O) groups excluding carboxylic acids is 2. The number of methoxy groups -OCH3 is 1. The summed E-state index contributed by atoms with van der Waals surface area (Å²) in [5.41, 5.74) is 6.40. The van der Waals surface area contributed by atoms with Gasteiger partial charge < -0.3 is 35.8 Å². The summed E-state index contributed by atoms with van der Waals surface area (Å²) in [6.45, 7) is 8.40. The van der Waals surface area contributed by atoms with E-state index in [4.69, 9.17) is 9.72 Å². The molecule has 3 heterocycles. The van der Waals surface area contributed by atoms with E-state index in [1.165, 1.54) is 13.5 Å². The van der Waals surface area contributed by atoms with Crippen LogP contribution in [-0.2, 0) is 4.79 Å². The normalized spacial score (nSPS) is 23.9. The number of aromatic nitrogens is 2. The molecule has 0 radical (unpaired) electrons. The third kappa shape index (κ3) is 6.25. The quantitative estimate of drug-likeness (QED) is 0.463. The molecule has 1 saturated heterocycles. The molecule has 2 aromatic rings. The number of fused-ring (bicyclic) bond motifs is 2. The average molecular weight is 567 g/mol. The zero-order valence-electron chi connectivity index (χ0n) is 25.5. The second-order valence-corrected chi connectivity index (χ2v) is 11.5. The highest BCUT2D eigenvalue weighted by molar-refractivity contribution is 6.04. The molecule has 2 aliphatic heterocycles. The first-order valence-corrected chi connectivity index (χ1v) is 14.6. The number of amides is 2. The van der Waals surface area contributed by atoms with Crippen molar-refractivity contribution >= 4 is 35.0 Å². The molecule has 41 heavy (non-hydrogen) atoms. The summed E-state index contributed by atoms with van der Waals surface area (Å²) >= 11 is 0. The van der Waals surface area contributed by atoms with Crippen molar-refractivity contribution in [1.82, 2.24) is 20.2 Å². The Kier molecular flexibility index (Phi) is 9.70. The Hall–Kier alpha value is -3.44. The summed E-state index contributed by atoms with van der Waals surface area (Å²) < 4.78 is 5.64. The molecular formula is C30H46N8O3. The second kappa shape index (κ2) is 13.0. The number of piperidine rings is 1. The van der Waals surface area contributed by atoms with Crippen LogP contribution < -0.4 is 30.9 Å². The lowest BCUT2D eigenvalue weighted by Crippen LogP contribution is -2.54. The molecule has 0 bridgehead atoms. The van der Waals surface area contributed by atoms with Crippen LogP contribution in [0.4, 0.5) is 23.1 Å². The molecule has 4 N–H and O–H groups in total. The lowest BCUT2D eigenvalue weighted by atomic mass is 9.89. The Morgan fingerprint density at radius 1 is 1.20 bits per heavy atom. The summed E-state index contributed by atoms with van der Waals surface area (Å²) in [6.07, 6.45) is 5.68. The van der Waals surface area contributed by atoms with Crippen LogP contribution in [0.15, 0.2) is 24.4 Å². The maximum Gasteiger partial charge on any atom is 0.251 e. The molecule has 1 aromatic heterocycles. The van der Waals surface area contributed by atoms with Crippen molar-refractivity contribution in [3.8, 4) is 5.75 Å². The van der Waals surface area contributed by atoms with Gasteiger partial charge in [0.2, 0.25) is 11.9 Å². The van der Waals surface area contributed by atoms with Crippen LogP contribution in [0.2, 0.25) is 0 Å². The number of ether oxygens (including phenoxy) is 1. The van der Waals surface area contributed by atoms with E-state index in [2.05, 4.69) is 52.0 Å². The third-order valence-corrected chi connectivity index (χ3v) is 8.56. The summed E-state index contributed by atoms with van der Waals surface area (Å²) in [6, 6.07) is 5.41. The molecule has 2 unspecified atom stereocenters. The summed E-state index contributed by atoms with van der Waals surface area (Å²) in [4.78, 5) is 41.4. The monoisotopic (exact) mass is 566 g/mol. The molecule has 4 atom stereocenters. The average Bonchev–Trinajstić information content (AvgIpc) is 3.36. The smallest absolute Gasteiger partial charge is 0.251 e. The Bertz CT molecular complexity index is 1240. The van der Waals surface area contributed by atoms with Crippen LogP contribution >= 0.6 is 0 Å². The van der Waals surface area contributed by atoms with E-state index in [0.29, 0.717) is 46.9 Å². The van der Waals surface area contributed by atoms with E-state index >= 15 is 0 Å². The van der Waals surface area contributed by atoms with Crippen molar-refractivity contribution < 1.29 is 14.3 Å². The lowest BCUT2D eigenvalue weighted by molar-refractivity contribution is -0.120. The largest absolute Gasteiger partial charge is 0.495 e. The molecule has 1 aliphatic carbocycles. The fourth-order valence-corrected chi connectivity index (χ4v) is 6.55. The zero-order valence-corrected chi connectivity index (χ0v) is 25.5. The minimum absolute atomic E-state index is 0.0437. The third-order valence-electron chi connectivity index (χ3n) is 8.56. The first-order chi connectivity index (χ1) is 19.7. The molecule has 5 rings (SSSR count). The number of nitrogens with two attached hydrogens (primary N) is 1. The lowest BCUT2D eigenvalue weighted by Gasteiger charge is -2.42. The Morgan fingerprint density at radius 3 is 2.61 bits per heavy atom. The summed E-state index contributed by atoms with van der Waals surface area (Å²) in [5.74, 6) is 2.99. The standard InChI is InChI=1S/C29H41N7O3.CH5N/c1-7-23-28(38)35(5)24-15-30-29(33-26(24)36(23)17(2)3)32-22-9-8-19(14-25(22)39-6)27(37)31-21-12-18-10-11-34(4)16-20(18)13-21;1-2/h8-9,14-15,17-18,20-21,23H,7,10-13,16H2,1-6H3,(H,31,37)(H,30,32,33);2H2,1H3/t18-,20-,21?,23?;/m1./s1. The molecule has 2 fully saturated rings. The van der Waals surface area contributed by atoms with E-state index in [1.807, 2.05) is 13.0 Å². The molecule has 1 saturated carbocycles. The first kappa shape index (κ1) is 30.5. The van der Waals surface area contributed by atoms with E-state index in [1.54, 1.807) is 37.4 Å².